The lowest BCUT2D eigenvalue weighted by atomic mass is 10.2. The minimum Gasteiger partial charge on any atom is -0.478 e. The van der Waals surface area contributed by atoms with Gasteiger partial charge in [-0.25, -0.2) is 4.79 Å². The normalized spacial score (nSPS) is 10.5. The number of aromatic nitrogens is 4. The van der Waals surface area contributed by atoms with E-state index in [1.54, 1.807) is 13.0 Å². The van der Waals surface area contributed by atoms with Crippen LogP contribution in [0.3, 0.4) is 0 Å². The van der Waals surface area contributed by atoms with E-state index >= 15 is 0 Å². The van der Waals surface area contributed by atoms with Gasteiger partial charge in [0.2, 0.25) is 0 Å². The first-order valence-electron chi connectivity index (χ1n) is 5.43. The molecule has 2 rings (SSSR count). The van der Waals surface area contributed by atoms with Crippen molar-refractivity contribution < 1.29 is 9.90 Å². The molecule has 0 unspecified atom stereocenters. The van der Waals surface area contributed by atoms with Crippen LogP contribution in [0, 0.1) is 6.92 Å². The third kappa shape index (κ3) is 2.77. The highest BCUT2D eigenvalue weighted by Gasteiger charge is 2.15. The van der Waals surface area contributed by atoms with Gasteiger partial charge >= 0.3 is 17.1 Å². The van der Waals surface area contributed by atoms with Crippen LogP contribution in [-0.2, 0) is 7.05 Å². The Morgan fingerprint density at radius 1 is 1.45 bits per heavy atom. The fraction of sp³-hybridized carbons (Fsp3) is 0.182. The molecule has 0 aliphatic heterocycles. The lowest BCUT2D eigenvalue weighted by Gasteiger charge is -2.08. The molecule has 0 radical (unpaired) electrons. The van der Waals surface area contributed by atoms with Crippen molar-refractivity contribution in [1.29, 1.82) is 0 Å². The van der Waals surface area contributed by atoms with Crippen LogP contribution in [0.4, 0.5) is 0 Å². The first-order valence-corrected chi connectivity index (χ1v) is 6.25. The summed E-state index contributed by atoms with van der Waals surface area (Å²) in [6.07, 6.45) is 1.24. The molecule has 0 saturated heterocycles. The zero-order valence-corrected chi connectivity index (χ0v) is 11.4. The minimum atomic E-state index is -1.13. The molecule has 0 aromatic carbocycles. The molecule has 0 amide bonds. The SMILES string of the molecule is Cc1cc(Sc2nc(=O)c(=O)[nH]n2C)c(C(=O)O)cn1. The predicted octanol–water partition coefficient (Wildman–Crippen LogP) is 0.0214. The Bertz CT molecular complexity index is 796. The Morgan fingerprint density at radius 3 is 2.80 bits per heavy atom. The van der Waals surface area contributed by atoms with E-state index in [9.17, 15) is 14.4 Å². The average molecular weight is 294 g/mol. The Morgan fingerprint density at radius 2 is 2.15 bits per heavy atom. The van der Waals surface area contributed by atoms with Gasteiger partial charge < -0.3 is 5.11 Å². The van der Waals surface area contributed by atoms with E-state index in [0.29, 0.717) is 10.6 Å². The van der Waals surface area contributed by atoms with Crippen LogP contribution in [0.2, 0.25) is 0 Å². The number of hydrogen-bond acceptors (Lipinski definition) is 6. The molecule has 0 atom stereocenters. The quantitative estimate of drug-likeness (QED) is 0.766. The first-order chi connectivity index (χ1) is 9.38. The van der Waals surface area contributed by atoms with Crippen molar-refractivity contribution in [2.75, 3.05) is 0 Å². The molecule has 0 fully saturated rings. The highest BCUT2D eigenvalue weighted by molar-refractivity contribution is 7.99. The maximum Gasteiger partial charge on any atom is 0.339 e. The molecule has 0 bridgehead atoms. The van der Waals surface area contributed by atoms with Gasteiger partial charge in [-0.15, -0.1) is 0 Å². The van der Waals surface area contributed by atoms with Gasteiger partial charge in [0.25, 0.3) is 0 Å². The van der Waals surface area contributed by atoms with E-state index in [1.807, 2.05) is 0 Å². The number of carboxylic acid groups (broad SMARTS) is 1. The predicted molar refractivity (Wildman–Crippen MR) is 70.2 cm³/mol. The van der Waals surface area contributed by atoms with E-state index in [1.165, 1.54) is 17.9 Å². The number of carbonyl (C=O) groups is 1. The molecule has 2 aromatic heterocycles. The molecule has 0 aliphatic carbocycles. The van der Waals surface area contributed by atoms with Gasteiger partial charge in [0.1, 0.15) is 0 Å². The summed E-state index contributed by atoms with van der Waals surface area (Å²) in [5.41, 5.74) is -1.12. The van der Waals surface area contributed by atoms with Crippen LogP contribution in [-0.4, -0.2) is 30.8 Å². The largest absolute Gasteiger partial charge is 0.478 e. The van der Waals surface area contributed by atoms with Gasteiger partial charge in [0.15, 0.2) is 5.16 Å². The maximum atomic E-state index is 11.3. The van der Waals surface area contributed by atoms with Crippen molar-refractivity contribution in [1.82, 2.24) is 19.7 Å². The number of nitrogens with one attached hydrogen (secondary N) is 1. The van der Waals surface area contributed by atoms with E-state index in [4.69, 9.17) is 5.11 Å². The Balaban J connectivity index is 2.52. The second-order valence-corrected chi connectivity index (χ2v) is 4.94. The van der Waals surface area contributed by atoms with Gasteiger partial charge in [-0.3, -0.25) is 24.4 Å². The molecule has 8 nitrogen and oxygen atoms in total. The van der Waals surface area contributed by atoms with Crippen molar-refractivity contribution in [2.24, 2.45) is 7.05 Å². The fourth-order valence-corrected chi connectivity index (χ4v) is 2.42. The molecule has 20 heavy (non-hydrogen) atoms. The number of hydrogen-bond donors (Lipinski definition) is 2. The van der Waals surface area contributed by atoms with Crippen LogP contribution in [0.5, 0.6) is 0 Å². The molecule has 0 aliphatic rings. The highest BCUT2D eigenvalue weighted by Crippen LogP contribution is 2.28. The van der Waals surface area contributed by atoms with E-state index in [2.05, 4.69) is 15.1 Å². The lowest BCUT2D eigenvalue weighted by Crippen LogP contribution is -2.33. The number of pyridine rings is 1. The van der Waals surface area contributed by atoms with Crippen LogP contribution < -0.4 is 11.1 Å². The third-order valence-electron chi connectivity index (χ3n) is 2.38. The number of aromatic carboxylic acids is 1. The van der Waals surface area contributed by atoms with Crippen molar-refractivity contribution in [2.45, 2.75) is 17.0 Å². The second-order valence-electron chi connectivity index (χ2n) is 3.93. The van der Waals surface area contributed by atoms with Crippen molar-refractivity contribution in [3.05, 3.63) is 44.2 Å². The van der Waals surface area contributed by atoms with Gasteiger partial charge in [-0.2, -0.15) is 4.98 Å². The molecule has 2 N–H and O–H groups in total. The Labute approximate surface area is 116 Å². The standard InChI is InChI=1S/C11H10N4O4S/c1-5-3-7(6(4-12-5)10(18)19)20-11-13-8(16)9(17)14-15(11)2/h3-4H,1-2H3,(H,14,17)(H,18,19). The summed E-state index contributed by atoms with van der Waals surface area (Å²) in [4.78, 5) is 41.4. The summed E-state index contributed by atoms with van der Waals surface area (Å²) < 4.78 is 1.26. The molecular formula is C11H10N4O4S. The summed E-state index contributed by atoms with van der Waals surface area (Å²) in [5, 5.41) is 11.6. The van der Waals surface area contributed by atoms with Gasteiger partial charge in [0.05, 0.1) is 5.56 Å². The molecule has 104 valence electrons. The number of aryl methyl sites for hydroxylation is 2. The van der Waals surface area contributed by atoms with Gasteiger partial charge in [0, 0.05) is 23.8 Å². The Hall–Kier alpha value is -2.42. The van der Waals surface area contributed by atoms with Crippen LogP contribution >= 0.6 is 11.8 Å². The summed E-state index contributed by atoms with van der Waals surface area (Å²) in [7, 11) is 1.50. The number of H-pyrrole nitrogens is 1. The minimum absolute atomic E-state index is 0.000971. The summed E-state index contributed by atoms with van der Waals surface area (Å²) in [5.74, 6) is -1.13. The van der Waals surface area contributed by atoms with E-state index in [-0.39, 0.29) is 10.7 Å². The number of carboxylic acids is 1. The summed E-state index contributed by atoms with van der Waals surface area (Å²) >= 11 is 0.967. The van der Waals surface area contributed by atoms with Crippen molar-refractivity contribution in [3.63, 3.8) is 0 Å². The van der Waals surface area contributed by atoms with Gasteiger partial charge in [-0.1, -0.05) is 0 Å². The van der Waals surface area contributed by atoms with Crippen LogP contribution in [0.25, 0.3) is 0 Å². The fourth-order valence-electron chi connectivity index (χ4n) is 1.43. The lowest BCUT2D eigenvalue weighted by molar-refractivity contribution is 0.0692. The van der Waals surface area contributed by atoms with Crippen LogP contribution in [0.1, 0.15) is 16.1 Å². The van der Waals surface area contributed by atoms with Crippen LogP contribution in [0.15, 0.2) is 31.9 Å². The molecule has 2 aromatic rings. The molecule has 2 heterocycles. The number of nitrogens with zero attached hydrogens (tertiary/aromatic N) is 3. The number of aromatic amines is 1. The monoisotopic (exact) mass is 294 g/mol. The molecule has 0 saturated carbocycles. The zero-order chi connectivity index (χ0) is 14.9. The van der Waals surface area contributed by atoms with E-state index in [0.717, 1.165) is 11.8 Å². The topological polar surface area (TPSA) is 118 Å². The number of rotatable bonds is 3. The van der Waals surface area contributed by atoms with Crippen molar-refractivity contribution in [3.8, 4) is 0 Å². The van der Waals surface area contributed by atoms with E-state index < -0.39 is 17.1 Å². The smallest absolute Gasteiger partial charge is 0.339 e. The zero-order valence-electron chi connectivity index (χ0n) is 10.6. The second kappa shape index (κ2) is 5.29. The third-order valence-corrected chi connectivity index (χ3v) is 3.49. The van der Waals surface area contributed by atoms with Crippen molar-refractivity contribution >= 4 is 17.7 Å². The first kappa shape index (κ1) is 14.0. The average Bonchev–Trinajstić information content (AvgIpc) is 2.35. The highest BCUT2D eigenvalue weighted by atomic mass is 32.2. The van der Waals surface area contributed by atoms with Gasteiger partial charge in [-0.05, 0) is 24.8 Å². The molecule has 9 heteroatoms. The molecular weight excluding hydrogens is 284 g/mol. The molecule has 0 spiro atoms. The summed E-state index contributed by atoms with van der Waals surface area (Å²) in [6, 6.07) is 1.57. The Kier molecular flexibility index (Phi) is 3.70. The maximum absolute atomic E-state index is 11.3. The summed E-state index contributed by atoms with van der Waals surface area (Å²) in [6.45, 7) is 1.72.